The van der Waals surface area contributed by atoms with Crippen LogP contribution in [0.3, 0.4) is 0 Å². The second-order valence-corrected chi connectivity index (χ2v) is 5.87. The first-order valence-electron chi connectivity index (χ1n) is 5.45. The van der Waals surface area contributed by atoms with Gasteiger partial charge in [0.05, 0.1) is 11.8 Å². The summed E-state index contributed by atoms with van der Waals surface area (Å²) in [4.78, 5) is 11.9. The number of hydrogen-bond acceptors (Lipinski definition) is 5. The molecule has 1 fully saturated rings. The number of rotatable bonds is 4. The predicted octanol–water partition coefficient (Wildman–Crippen LogP) is 0.499. The van der Waals surface area contributed by atoms with E-state index in [0.717, 1.165) is 19.1 Å². The maximum atomic E-state index is 11.9. The summed E-state index contributed by atoms with van der Waals surface area (Å²) in [5.41, 5.74) is 6.05. The second-order valence-electron chi connectivity index (χ2n) is 4.29. The van der Waals surface area contributed by atoms with Crippen LogP contribution in [0.25, 0.3) is 0 Å². The number of carbonyl (C=O) groups is 1. The van der Waals surface area contributed by atoms with Crippen LogP contribution in [0.2, 0.25) is 0 Å². The molecule has 0 radical (unpaired) electrons. The Kier molecular flexibility index (Phi) is 3.16. The molecule has 1 aliphatic rings. The fraction of sp³-hybridized carbons (Fsp3) is 0.364. The maximum Gasteiger partial charge on any atom is 0.306 e. The van der Waals surface area contributed by atoms with E-state index in [2.05, 4.69) is 5.32 Å². The highest BCUT2D eigenvalue weighted by molar-refractivity contribution is 7.86. The molecule has 1 amide bonds. The molecule has 0 unspecified atom stereocenters. The summed E-state index contributed by atoms with van der Waals surface area (Å²) in [5.74, 6) is -0.396. The Morgan fingerprint density at radius 3 is 2.67 bits per heavy atom. The average Bonchev–Trinajstić information content (AvgIpc) is 2.98. The van der Waals surface area contributed by atoms with Gasteiger partial charge in [-0.1, -0.05) is 0 Å². The minimum atomic E-state index is -3.70. The highest BCUT2D eigenvalue weighted by Gasteiger charge is 2.25. The van der Waals surface area contributed by atoms with Crippen LogP contribution in [0.1, 0.15) is 23.2 Å². The first kappa shape index (κ1) is 12.7. The molecule has 7 heteroatoms. The molecule has 0 saturated heterocycles. The number of nitrogen functional groups attached to an aromatic ring is 1. The smallest absolute Gasteiger partial charge is 0.306 e. The topological polar surface area (TPSA) is 98.5 Å². The van der Waals surface area contributed by atoms with Gasteiger partial charge < -0.3 is 15.2 Å². The van der Waals surface area contributed by atoms with Crippen LogP contribution in [0.15, 0.2) is 18.2 Å². The zero-order valence-electron chi connectivity index (χ0n) is 9.84. The molecule has 0 bridgehead atoms. The molecular weight excluding hydrogens is 256 g/mol. The van der Waals surface area contributed by atoms with Gasteiger partial charge in [-0.25, -0.2) is 0 Å². The van der Waals surface area contributed by atoms with Gasteiger partial charge in [0.25, 0.3) is 5.91 Å². The van der Waals surface area contributed by atoms with Gasteiger partial charge in [-0.15, -0.1) is 0 Å². The molecule has 0 spiro atoms. The number of carbonyl (C=O) groups excluding carboxylic acids is 1. The van der Waals surface area contributed by atoms with Crippen molar-refractivity contribution in [3.8, 4) is 5.75 Å². The Balaban J connectivity index is 2.29. The third-order valence-corrected chi connectivity index (χ3v) is 2.89. The van der Waals surface area contributed by atoms with Crippen molar-refractivity contribution in [2.75, 3.05) is 12.0 Å². The lowest BCUT2D eigenvalue weighted by atomic mass is 10.1. The molecule has 98 valence electrons. The number of hydrogen-bond donors (Lipinski definition) is 2. The molecule has 0 aromatic heterocycles. The molecule has 6 nitrogen and oxygen atoms in total. The third-order valence-electron chi connectivity index (χ3n) is 2.40. The zero-order valence-corrected chi connectivity index (χ0v) is 10.7. The largest absolute Gasteiger partial charge is 0.399 e. The lowest BCUT2D eigenvalue weighted by Gasteiger charge is -2.10. The van der Waals surface area contributed by atoms with Gasteiger partial charge in [-0.3, -0.25) is 4.79 Å². The van der Waals surface area contributed by atoms with Crippen molar-refractivity contribution in [1.29, 1.82) is 0 Å². The van der Waals surface area contributed by atoms with Gasteiger partial charge in [0.1, 0.15) is 0 Å². The van der Waals surface area contributed by atoms with E-state index >= 15 is 0 Å². The van der Waals surface area contributed by atoms with Crippen molar-refractivity contribution >= 4 is 21.7 Å². The van der Waals surface area contributed by atoms with Gasteiger partial charge in [-0.05, 0) is 25.0 Å². The Labute approximate surface area is 105 Å². The number of nitrogens with one attached hydrogen (secondary N) is 1. The van der Waals surface area contributed by atoms with Crippen LogP contribution < -0.4 is 15.2 Å². The SMILES string of the molecule is CS(=O)(=O)Oc1cc(N)ccc1C(=O)NC1CC1. The van der Waals surface area contributed by atoms with Crippen LogP contribution in [0.4, 0.5) is 5.69 Å². The van der Waals surface area contributed by atoms with Crippen molar-refractivity contribution in [1.82, 2.24) is 5.32 Å². The van der Waals surface area contributed by atoms with Crippen LogP contribution in [0, 0.1) is 0 Å². The molecule has 1 aliphatic carbocycles. The number of anilines is 1. The monoisotopic (exact) mass is 270 g/mol. The molecule has 1 aromatic rings. The van der Waals surface area contributed by atoms with Crippen LogP contribution in [-0.2, 0) is 10.1 Å². The Morgan fingerprint density at radius 2 is 2.11 bits per heavy atom. The second kappa shape index (κ2) is 4.49. The number of nitrogens with two attached hydrogens (primary N) is 1. The quantitative estimate of drug-likeness (QED) is 0.613. The van der Waals surface area contributed by atoms with E-state index in [4.69, 9.17) is 9.92 Å². The van der Waals surface area contributed by atoms with E-state index in [1.807, 2.05) is 0 Å². The van der Waals surface area contributed by atoms with Gasteiger partial charge in [0.2, 0.25) is 0 Å². The molecule has 3 N–H and O–H groups in total. The minimum Gasteiger partial charge on any atom is -0.399 e. The van der Waals surface area contributed by atoms with Crippen LogP contribution in [0.5, 0.6) is 5.75 Å². The molecule has 0 aliphatic heterocycles. The zero-order chi connectivity index (χ0) is 13.3. The number of benzene rings is 1. The van der Waals surface area contributed by atoms with Gasteiger partial charge in [-0.2, -0.15) is 8.42 Å². The minimum absolute atomic E-state index is 0.0457. The fourth-order valence-corrected chi connectivity index (χ4v) is 1.91. The van der Waals surface area contributed by atoms with Crippen molar-refractivity contribution in [2.24, 2.45) is 0 Å². The Bertz CT molecular complexity index is 579. The highest BCUT2D eigenvalue weighted by Crippen LogP contribution is 2.25. The Hall–Kier alpha value is -1.76. The van der Waals surface area contributed by atoms with E-state index < -0.39 is 10.1 Å². The number of amides is 1. The first-order valence-corrected chi connectivity index (χ1v) is 7.26. The summed E-state index contributed by atoms with van der Waals surface area (Å²) >= 11 is 0. The summed E-state index contributed by atoms with van der Waals surface area (Å²) in [6.45, 7) is 0. The molecule has 18 heavy (non-hydrogen) atoms. The van der Waals surface area contributed by atoms with Crippen molar-refractivity contribution in [3.63, 3.8) is 0 Å². The van der Waals surface area contributed by atoms with Gasteiger partial charge in [0.15, 0.2) is 5.75 Å². The van der Waals surface area contributed by atoms with E-state index in [9.17, 15) is 13.2 Å². The summed E-state index contributed by atoms with van der Waals surface area (Å²) < 4.78 is 27.0. The molecular formula is C11H14N2O4S. The first-order chi connectivity index (χ1) is 8.35. The molecule has 2 rings (SSSR count). The average molecular weight is 270 g/mol. The van der Waals surface area contributed by atoms with E-state index in [0.29, 0.717) is 5.69 Å². The predicted molar refractivity (Wildman–Crippen MR) is 66.8 cm³/mol. The summed E-state index contributed by atoms with van der Waals surface area (Å²) in [5, 5.41) is 2.76. The van der Waals surface area contributed by atoms with Crippen molar-refractivity contribution in [2.45, 2.75) is 18.9 Å². The normalized spacial score (nSPS) is 15.2. The van der Waals surface area contributed by atoms with E-state index in [1.54, 1.807) is 0 Å². The molecule has 1 aromatic carbocycles. The molecule has 0 atom stereocenters. The standard InChI is InChI=1S/C11H14N2O4S/c1-18(15,16)17-10-6-7(12)2-5-9(10)11(14)13-8-3-4-8/h2,5-6,8H,3-4,12H2,1H3,(H,13,14). The highest BCUT2D eigenvalue weighted by atomic mass is 32.2. The van der Waals surface area contributed by atoms with E-state index in [1.165, 1.54) is 18.2 Å². The van der Waals surface area contributed by atoms with Crippen LogP contribution in [-0.4, -0.2) is 26.6 Å². The lowest BCUT2D eigenvalue weighted by Crippen LogP contribution is -2.26. The molecule has 1 saturated carbocycles. The summed E-state index contributed by atoms with van der Waals surface area (Å²) in [6, 6.07) is 4.48. The van der Waals surface area contributed by atoms with Gasteiger partial charge in [0, 0.05) is 17.8 Å². The van der Waals surface area contributed by atoms with Crippen molar-refractivity contribution < 1.29 is 17.4 Å². The van der Waals surface area contributed by atoms with E-state index in [-0.39, 0.29) is 23.3 Å². The lowest BCUT2D eigenvalue weighted by molar-refractivity contribution is 0.0949. The summed E-state index contributed by atoms with van der Waals surface area (Å²) in [7, 11) is -3.70. The van der Waals surface area contributed by atoms with Gasteiger partial charge >= 0.3 is 10.1 Å². The van der Waals surface area contributed by atoms with Crippen LogP contribution >= 0.6 is 0 Å². The maximum absolute atomic E-state index is 11.9. The fourth-order valence-electron chi connectivity index (χ4n) is 1.45. The Morgan fingerprint density at radius 1 is 1.44 bits per heavy atom. The third kappa shape index (κ3) is 3.36. The molecule has 0 heterocycles. The summed E-state index contributed by atoms with van der Waals surface area (Å²) in [6.07, 6.45) is 2.81. The van der Waals surface area contributed by atoms with Crippen molar-refractivity contribution in [3.05, 3.63) is 23.8 Å².